The Morgan fingerprint density at radius 3 is 2.52 bits per heavy atom. The number of carbonyl (C=O) groups is 1. The highest BCUT2D eigenvalue weighted by Crippen LogP contribution is 2.27. The Balaban J connectivity index is 1.80. The maximum atomic E-state index is 11.7. The zero-order valence-corrected chi connectivity index (χ0v) is 13.8. The van der Waals surface area contributed by atoms with Crippen LogP contribution < -0.4 is 15.4 Å². The number of benzene rings is 2. The highest BCUT2D eigenvalue weighted by molar-refractivity contribution is 9.10. The van der Waals surface area contributed by atoms with E-state index in [0.29, 0.717) is 21.5 Å². The molecule has 2 rings (SSSR count). The molecule has 21 heavy (non-hydrogen) atoms. The largest absolute Gasteiger partial charge is 0.472 e. The van der Waals surface area contributed by atoms with Gasteiger partial charge in [0.2, 0.25) is 0 Å². The average Bonchev–Trinajstić information content (AvgIpc) is 2.44. The van der Waals surface area contributed by atoms with Crippen LogP contribution in [0.25, 0.3) is 0 Å². The first-order valence-corrected chi connectivity index (χ1v) is 7.48. The number of urea groups is 1. The molecule has 7 heteroatoms. The van der Waals surface area contributed by atoms with Crippen LogP contribution in [0.15, 0.2) is 46.9 Å². The lowest BCUT2D eigenvalue weighted by Gasteiger charge is -2.10. The fraction of sp³-hybridized carbons (Fsp3) is 0.0714. The number of hydrogen-bond acceptors (Lipinski definition) is 2. The predicted octanol–water partition coefficient (Wildman–Crippen LogP) is 4.91. The van der Waals surface area contributed by atoms with Crippen molar-refractivity contribution >= 4 is 50.9 Å². The molecule has 0 aliphatic rings. The number of halogens is 3. The fourth-order valence-corrected chi connectivity index (χ4v) is 2.21. The minimum Gasteiger partial charge on any atom is -0.472 e. The van der Waals surface area contributed by atoms with Gasteiger partial charge in [0.05, 0.1) is 5.02 Å². The maximum Gasteiger partial charge on any atom is 0.321 e. The van der Waals surface area contributed by atoms with Gasteiger partial charge in [0.25, 0.3) is 0 Å². The van der Waals surface area contributed by atoms with Gasteiger partial charge in [0.1, 0.15) is 5.75 Å². The van der Waals surface area contributed by atoms with E-state index in [9.17, 15) is 4.79 Å². The first-order valence-electron chi connectivity index (χ1n) is 5.93. The van der Waals surface area contributed by atoms with Crippen LogP contribution in [0.1, 0.15) is 0 Å². The van der Waals surface area contributed by atoms with Crippen molar-refractivity contribution < 1.29 is 9.53 Å². The average molecular weight is 390 g/mol. The van der Waals surface area contributed by atoms with Gasteiger partial charge in [-0.2, -0.15) is 0 Å². The SMILES string of the molecule is O=C(NCOc1ccc(Cl)cc1Cl)Nc1ccc(Br)cc1. The molecule has 2 aromatic carbocycles. The Morgan fingerprint density at radius 2 is 1.86 bits per heavy atom. The molecule has 0 radical (unpaired) electrons. The molecule has 0 bridgehead atoms. The lowest BCUT2D eigenvalue weighted by atomic mass is 10.3. The second kappa shape index (κ2) is 7.54. The van der Waals surface area contributed by atoms with Gasteiger partial charge in [-0.3, -0.25) is 0 Å². The van der Waals surface area contributed by atoms with Crippen LogP contribution in [0, 0.1) is 0 Å². The molecule has 0 aromatic heterocycles. The topological polar surface area (TPSA) is 50.4 Å². The molecule has 0 atom stereocenters. The first kappa shape index (κ1) is 15.9. The van der Waals surface area contributed by atoms with Gasteiger partial charge >= 0.3 is 6.03 Å². The molecule has 110 valence electrons. The summed E-state index contributed by atoms with van der Waals surface area (Å²) < 4.78 is 6.29. The Bertz CT molecular complexity index is 635. The number of hydrogen-bond donors (Lipinski definition) is 2. The number of ether oxygens (including phenoxy) is 1. The summed E-state index contributed by atoms with van der Waals surface area (Å²) in [6.45, 7) is -0.0102. The molecule has 0 saturated carbocycles. The zero-order chi connectivity index (χ0) is 15.2. The lowest BCUT2D eigenvalue weighted by molar-refractivity contribution is 0.234. The molecular formula is C14H11BrCl2N2O2. The number of anilines is 1. The Labute approximate surface area is 140 Å². The maximum absolute atomic E-state index is 11.7. The molecule has 2 aromatic rings. The third-order valence-corrected chi connectivity index (χ3v) is 3.52. The zero-order valence-electron chi connectivity index (χ0n) is 10.7. The smallest absolute Gasteiger partial charge is 0.321 e. The Kier molecular flexibility index (Phi) is 5.73. The standard InChI is InChI=1S/C14H11BrCl2N2O2/c15-9-1-4-11(5-2-9)19-14(20)18-8-21-13-6-3-10(16)7-12(13)17/h1-7H,8H2,(H2,18,19,20). The van der Waals surface area contributed by atoms with E-state index in [2.05, 4.69) is 26.6 Å². The molecule has 0 saturated heterocycles. The van der Waals surface area contributed by atoms with Crippen molar-refractivity contribution in [2.24, 2.45) is 0 Å². The van der Waals surface area contributed by atoms with Gasteiger partial charge in [-0.25, -0.2) is 4.79 Å². The van der Waals surface area contributed by atoms with E-state index in [4.69, 9.17) is 27.9 Å². The molecule has 2 N–H and O–H groups in total. The van der Waals surface area contributed by atoms with E-state index < -0.39 is 0 Å². The number of nitrogens with one attached hydrogen (secondary N) is 2. The third-order valence-electron chi connectivity index (χ3n) is 2.46. The van der Waals surface area contributed by atoms with Crippen molar-refractivity contribution in [1.82, 2.24) is 5.32 Å². The molecule has 0 heterocycles. The van der Waals surface area contributed by atoms with E-state index in [-0.39, 0.29) is 12.8 Å². The van der Waals surface area contributed by atoms with Gasteiger partial charge in [0.15, 0.2) is 6.73 Å². The second-order valence-electron chi connectivity index (χ2n) is 4.00. The Hall–Kier alpha value is -1.43. The quantitative estimate of drug-likeness (QED) is 0.729. The van der Waals surface area contributed by atoms with Crippen LogP contribution in [-0.2, 0) is 0 Å². The highest BCUT2D eigenvalue weighted by Gasteiger charge is 2.04. The Morgan fingerprint density at radius 1 is 1.14 bits per heavy atom. The van der Waals surface area contributed by atoms with Crippen molar-refractivity contribution in [3.8, 4) is 5.75 Å². The summed E-state index contributed by atoms with van der Waals surface area (Å²) in [7, 11) is 0. The second-order valence-corrected chi connectivity index (χ2v) is 5.76. The van der Waals surface area contributed by atoms with E-state index in [0.717, 1.165) is 4.47 Å². The monoisotopic (exact) mass is 388 g/mol. The van der Waals surface area contributed by atoms with Crippen molar-refractivity contribution in [2.45, 2.75) is 0 Å². The van der Waals surface area contributed by atoms with Crippen LogP contribution in [0.5, 0.6) is 5.75 Å². The van der Waals surface area contributed by atoms with Gasteiger partial charge in [-0.1, -0.05) is 39.1 Å². The summed E-state index contributed by atoms with van der Waals surface area (Å²) in [5.74, 6) is 0.449. The normalized spacial score (nSPS) is 10.0. The summed E-state index contributed by atoms with van der Waals surface area (Å²) in [5, 5.41) is 6.14. The minimum atomic E-state index is -0.373. The number of carbonyl (C=O) groups excluding carboxylic acids is 1. The summed E-state index contributed by atoms with van der Waals surface area (Å²) in [4.78, 5) is 11.7. The van der Waals surface area contributed by atoms with E-state index in [1.807, 2.05) is 12.1 Å². The van der Waals surface area contributed by atoms with Crippen LogP contribution >= 0.6 is 39.1 Å². The van der Waals surface area contributed by atoms with Crippen molar-refractivity contribution in [3.63, 3.8) is 0 Å². The summed E-state index contributed by atoms with van der Waals surface area (Å²) in [6.07, 6.45) is 0. The van der Waals surface area contributed by atoms with E-state index >= 15 is 0 Å². The molecule has 0 aliphatic carbocycles. The van der Waals surface area contributed by atoms with Crippen LogP contribution in [0.3, 0.4) is 0 Å². The van der Waals surface area contributed by atoms with Crippen LogP contribution in [0.4, 0.5) is 10.5 Å². The van der Waals surface area contributed by atoms with Crippen molar-refractivity contribution in [1.29, 1.82) is 0 Å². The highest BCUT2D eigenvalue weighted by atomic mass is 79.9. The molecule has 0 unspecified atom stereocenters. The summed E-state index contributed by atoms with van der Waals surface area (Å²) >= 11 is 15.0. The molecule has 0 aliphatic heterocycles. The van der Waals surface area contributed by atoms with Gasteiger partial charge in [-0.15, -0.1) is 0 Å². The van der Waals surface area contributed by atoms with Gasteiger partial charge < -0.3 is 15.4 Å². The first-order chi connectivity index (χ1) is 10.0. The number of rotatable bonds is 4. The fourth-order valence-electron chi connectivity index (χ4n) is 1.48. The molecule has 0 spiro atoms. The molecular weight excluding hydrogens is 379 g/mol. The summed E-state index contributed by atoms with van der Waals surface area (Å²) in [5.41, 5.74) is 0.681. The van der Waals surface area contributed by atoms with Gasteiger partial charge in [-0.05, 0) is 42.5 Å². The lowest BCUT2D eigenvalue weighted by Crippen LogP contribution is -2.32. The summed E-state index contributed by atoms with van der Waals surface area (Å²) in [6, 6.07) is 11.7. The van der Waals surface area contributed by atoms with Crippen LogP contribution in [-0.4, -0.2) is 12.8 Å². The van der Waals surface area contributed by atoms with Gasteiger partial charge in [0, 0.05) is 15.2 Å². The number of amides is 2. The van der Waals surface area contributed by atoms with Crippen LogP contribution in [0.2, 0.25) is 10.0 Å². The van der Waals surface area contributed by atoms with E-state index in [1.165, 1.54) is 0 Å². The van der Waals surface area contributed by atoms with Crippen molar-refractivity contribution in [2.75, 3.05) is 12.0 Å². The molecule has 2 amide bonds. The molecule has 4 nitrogen and oxygen atoms in total. The third kappa shape index (κ3) is 5.12. The van der Waals surface area contributed by atoms with Crippen molar-refractivity contribution in [3.05, 3.63) is 57.0 Å². The molecule has 0 fully saturated rings. The predicted molar refractivity (Wildman–Crippen MR) is 88.3 cm³/mol. The van der Waals surface area contributed by atoms with E-state index in [1.54, 1.807) is 30.3 Å². The minimum absolute atomic E-state index is 0.0102.